The number of benzene rings is 1. The normalized spacial score (nSPS) is 20.3. The van der Waals surface area contributed by atoms with E-state index in [-0.39, 0.29) is 43.4 Å². The molecule has 0 bridgehead atoms. The summed E-state index contributed by atoms with van der Waals surface area (Å²) < 4.78 is 0. The first-order valence-electron chi connectivity index (χ1n) is 8.26. The van der Waals surface area contributed by atoms with Crippen molar-refractivity contribution in [2.75, 3.05) is 32.7 Å². The number of amides is 4. The molecule has 136 valence electrons. The van der Waals surface area contributed by atoms with Crippen molar-refractivity contribution in [1.82, 2.24) is 20.4 Å². The summed E-state index contributed by atoms with van der Waals surface area (Å²) in [6.45, 7) is 3.98. The van der Waals surface area contributed by atoms with E-state index in [0.717, 1.165) is 18.5 Å². The number of carbonyl (C=O) groups excluding carboxylic acids is 3. The van der Waals surface area contributed by atoms with Gasteiger partial charge in [0.25, 0.3) is 0 Å². The minimum atomic E-state index is -0.493. The number of hydrogen-bond donors (Lipinski definition) is 2. The number of halogens is 1. The molecule has 1 aromatic carbocycles. The van der Waals surface area contributed by atoms with Crippen molar-refractivity contribution in [1.29, 1.82) is 0 Å². The van der Waals surface area contributed by atoms with E-state index in [4.69, 9.17) is 0 Å². The molecule has 1 atom stereocenters. The van der Waals surface area contributed by atoms with E-state index in [2.05, 4.69) is 41.8 Å². The lowest BCUT2D eigenvalue weighted by Gasteiger charge is -2.37. The van der Waals surface area contributed by atoms with Gasteiger partial charge in [-0.1, -0.05) is 31.2 Å². The van der Waals surface area contributed by atoms with Crippen LogP contribution in [0.1, 0.15) is 24.1 Å². The van der Waals surface area contributed by atoms with E-state index in [1.54, 1.807) is 4.90 Å². The number of carbonyl (C=O) groups is 3. The van der Waals surface area contributed by atoms with Crippen LogP contribution in [0.5, 0.6) is 0 Å². The topological polar surface area (TPSA) is 81.8 Å². The van der Waals surface area contributed by atoms with Crippen LogP contribution in [-0.2, 0) is 16.0 Å². The van der Waals surface area contributed by atoms with Gasteiger partial charge in [0.2, 0.25) is 11.8 Å². The highest BCUT2D eigenvalue weighted by molar-refractivity contribution is 6.03. The minimum Gasteiger partial charge on any atom is -0.332 e. The first-order valence-corrected chi connectivity index (χ1v) is 8.26. The molecule has 2 aliphatic rings. The monoisotopic (exact) mass is 366 g/mol. The molecule has 7 nitrogen and oxygen atoms in total. The van der Waals surface area contributed by atoms with Crippen LogP contribution in [0.15, 0.2) is 24.3 Å². The summed E-state index contributed by atoms with van der Waals surface area (Å²) in [7, 11) is 0. The van der Waals surface area contributed by atoms with Gasteiger partial charge in [-0.15, -0.1) is 12.4 Å². The summed E-state index contributed by atoms with van der Waals surface area (Å²) in [5.41, 5.74) is 2.34. The van der Waals surface area contributed by atoms with E-state index in [1.165, 1.54) is 10.5 Å². The highest BCUT2D eigenvalue weighted by Crippen LogP contribution is 2.23. The Bertz CT molecular complexity index is 650. The molecule has 0 aliphatic carbocycles. The average Bonchev–Trinajstić information content (AvgIpc) is 2.92. The number of urea groups is 1. The third kappa shape index (κ3) is 4.29. The molecular formula is C17H23ClN4O3. The Morgan fingerprint density at radius 3 is 2.56 bits per heavy atom. The highest BCUT2D eigenvalue weighted by atomic mass is 35.5. The Kier molecular flexibility index (Phi) is 6.39. The molecule has 1 unspecified atom stereocenters. The van der Waals surface area contributed by atoms with E-state index in [9.17, 15) is 14.4 Å². The van der Waals surface area contributed by atoms with Crippen LogP contribution in [0.4, 0.5) is 4.79 Å². The molecule has 3 rings (SSSR count). The molecular weight excluding hydrogens is 344 g/mol. The Balaban J connectivity index is 0.00000225. The Labute approximate surface area is 153 Å². The smallest absolute Gasteiger partial charge is 0.325 e. The second-order valence-electron chi connectivity index (χ2n) is 6.11. The van der Waals surface area contributed by atoms with Gasteiger partial charge in [-0.3, -0.25) is 14.9 Å². The van der Waals surface area contributed by atoms with Crippen molar-refractivity contribution in [2.45, 2.75) is 19.4 Å². The van der Waals surface area contributed by atoms with Crippen molar-refractivity contribution in [3.63, 3.8) is 0 Å². The molecule has 0 spiro atoms. The Morgan fingerprint density at radius 2 is 1.96 bits per heavy atom. The Morgan fingerprint density at radius 1 is 1.24 bits per heavy atom. The zero-order chi connectivity index (χ0) is 17.1. The molecule has 25 heavy (non-hydrogen) atoms. The summed E-state index contributed by atoms with van der Waals surface area (Å²) in [5, 5.41) is 5.51. The second kappa shape index (κ2) is 8.31. The van der Waals surface area contributed by atoms with Crippen molar-refractivity contribution in [2.24, 2.45) is 0 Å². The van der Waals surface area contributed by atoms with Crippen LogP contribution in [0.3, 0.4) is 0 Å². The predicted molar refractivity (Wildman–Crippen MR) is 95.5 cm³/mol. The molecule has 2 fully saturated rings. The summed E-state index contributed by atoms with van der Waals surface area (Å²) in [4.78, 5) is 38.6. The fourth-order valence-electron chi connectivity index (χ4n) is 3.14. The summed E-state index contributed by atoms with van der Waals surface area (Å²) in [6.07, 6.45) is 0.976. The van der Waals surface area contributed by atoms with Crippen molar-refractivity contribution >= 4 is 30.3 Å². The van der Waals surface area contributed by atoms with Crippen molar-refractivity contribution in [3.8, 4) is 0 Å². The Hall–Kier alpha value is -2.12. The molecule has 4 amide bonds. The molecule has 8 heteroatoms. The first-order chi connectivity index (χ1) is 11.6. The quantitative estimate of drug-likeness (QED) is 0.768. The van der Waals surface area contributed by atoms with E-state index < -0.39 is 6.03 Å². The summed E-state index contributed by atoms with van der Waals surface area (Å²) >= 11 is 0. The van der Waals surface area contributed by atoms with Gasteiger partial charge in [0.1, 0.15) is 13.1 Å². The fraction of sp³-hybridized carbons (Fsp3) is 0.471. The lowest BCUT2D eigenvalue weighted by molar-refractivity contribution is -0.135. The maximum absolute atomic E-state index is 12.7. The number of hydrogen-bond acceptors (Lipinski definition) is 4. The van der Waals surface area contributed by atoms with Crippen molar-refractivity contribution in [3.05, 3.63) is 35.4 Å². The van der Waals surface area contributed by atoms with Gasteiger partial charge in [-0.2, -0.15) is 0 Å². The maximum atomic E-state index is 12.7. The fourth-order valence-corrected chi connectivity index (χ4v) is 3.14. The zero-order valence-electron chi connectivity index (χ0n) is 14.2. The lowest BCUT2D eigenvalue weighted by atomic mass is 10.0. The number of rotatable bonds is 4. The predicted octanol–water partition coefficient (Wildman–Crippen LogP) is 0.695. The van der Waals surface area contributed by atoms with Gasteiger partial charge >= 0.3 is 6.03 Å². The summed E-state index contributed by atoms with van der Waals surface area (Å²) in [5.74, 6) is -0.495. The van der Waals surface area contributed by atoms with Gasteiger partial charge in [0.15, 0.2) is 0 Å². The third-order valence-electron chi connectivity index (χ3n) is 4.53. The lowest BCUT2D eigenvalue weighted by Crippen LogP contribution is -2.51. The molecule has 2 heterocycles. The molecule has 2 saturated heterocycles. The number of imide groups is 1. The molecule has 0 saturated carbocycles. The maximum Gasteiger partial charge on any atom is 0.325 e. The number of nitrogens with zero attached hydrogens (tertiary/aromatic N) is 2. The number of piperazine rings is 1. The van der Waals surface area contributed by atoms with E-state index in [0.29, 0.717) is 13.1 Å². The van der Waals surface area contributed by atoms with Gasteiger partial charge < -0.3 is 15.1 Å². The van der Waals surface area contributed by atoms with Crippen LogP contribution in [0.2, 0.25) is 0 Å². The average molecular weight is 367 g/mol. The first kappa shape index (κ1) is 19.2. The highest BCUT2D eigenvalue weighted by Gasteiger charge is 2.33. The van der Waals surface area contributed by atoms with Crippen LogP contribution in [0.25, 0.3) is 0 Å². The third-order valence-corrected chi connectivity index (χ3v) is 4.53. The van der Waals surface area contributed by atoms with E-state index in [1.807, 2.05) is 0 Å². The molecule has 0 radical (unpaired) electrons. The van der Waals surface area contributed by atoms with Gasteiger partial charge in [0.05, 0.1) is 6.04 Å². The minimum absolute atomic E-state index is 0. The molecule has 1 aromatic rings. The standard InChI is InChI=1S/C17H22N4O3.ClH/c1-2-12-3-5-13(6-4-12)14-9-18-7-8-21(14)16(23)11-20-10-15(22)19-17(20)24;/h3-6,14,18H,2,7-11H2,1H3,(H,19,22,24);1H. The molecule has 2 aliphatic heterocycles. The van der Waals surface area contributed by atoms with Gasteiger partial charge in [-0.25, -0.2) is 4.79 Å². The van der Waals surface area contributed by atoms with Crippen LogP contribution < -0.4 is 10.6 Å². The van der Waals surface area contributed by atoms with Crippen LogP contribution >= 0.6 is 12.4 Å². The van der Waals surface area contributed by atoms with Crippen LogP contribution in [0, 0.1) is 0 Å². The molecule has 2 N–H and O–H groups in total. The van der Waals surface area contributed by atoms with E-state index >= 15 is 0 Å². The summed E-state index contributed by atoms with van der Waals surface area (Å²) in [6, 6.07) is 7.73. The number of aryl methyl sites for hydroxylation is 1. The SMILES string of the molecule is CCc1ccc(C2CNCCN2C(=O)CN2CC(=O)NC2=O)cc1.Cl. The van der Waals surface area contributed by atoms with Gasteiger partial charge in [-0.05, 0) is 17.5 Å². The van der Waals surface area contributed by atoms with Crippen LogP contribution in [-0.4, -0.2) is 60.4 Å². The number of nitrogens with one attached hydrogen (secondary N) is 2. The van der Waals surface area contributed by atoms with Gasteiger partial charge in [0, 0.05) is 19.6 Å². The largest absolute Gasteiger partial charge is 0.332 e. The van der Waals surface area contributed by atoms with Crippen molar-refractivity contribution < 1.29 is 14.4 Å². The molecule has 0 aromatic heterocycles. The second-order valence-corrected chi connectivity index (χ2v) is 6.11. The zero-order valence-corrected chi connectivity index (χ0v) is 15.0.